The van der Waals surface area contributed by atoms with Gasteiger partial charge in [-0.1, -0.05) is 11.3 Å². The van der Waals surface area contributed by atoms with Gasteiger partial charge in [-0.2, -0.15) is 9.30 Å². The highest BCUT2D eigenvalue weighted by atomic mass is 32.2. The molecule has 0 radical (unpaired) electrons. The van der Waals surface area contributed by atoms with Crippen LogP contribution in [0.5, 0.6) is 11.5 Å². The van der Waals surface area contributed by atoms with Crippen molar-refractivity contribution in [2.24, 2.45) is 12.0 Å². The lowest BCUT2D eigenvalue weighted by Gasteiger charge is -2.26. The SMILES string of the molecule is Cn1c(=NC(=O)c2ccc(S(=O)(=O)N3CCOCC3)cc2)sc2cc3c(cc21)OCO3. The van der Waals surface area contributed by atoms with E-state index in [1.165, 1.54) is 39.9 Å². The van der Waals surface area contributed by atoms with Crippen molar-refractivity contribution in [2.75, 3.05) is 33.1 Å². The molecular weight excluding hydrogens is 442 g/mol. The van der Waals surface area contributed by atoms with E-state index in [1.807, 2.05) is 23.7 Å². The average Bonchev–Trinajstić information content (AvgIpc) is 3.37. The second-order valence-corrected chi connectivity index (χ2v) is 10.0. The van der Waals surface area contributed by atoms with Crippen molar-refractivity contribution in [3.8, 4) is 11.5 Å². The molecule has 162 valence electrons. The molecule has 9 nitrogen and oxygen atoms in total. The minimum Gasteiger partial charge on any atom is -0.454 e. The van der Waals surface area contributed by atoms with Crippen LogP contribution in [0.2, 0.25) is 0 Å². The first kappa shape index (κ1) is 20.2. The Morgan fingerprint density at radius 2 is 1.74 bits per heavy atom. The molecule has 0 bridgehead atoms. The summed E-state index contributed by atoms with van der Waals surface area (Å²) >= 11 is 1.36. The summed E-state index contributed by atoms with van der Waals surface area (Å²) in [5, 5.41) is 0. The molecule has 0 spiro atoms. The predicted molar refractivity (Wildman–Crippen MR) is 113 cm³/mol. The number of carbonyl (C=O) groups is 1. The zero-order valence-electron chi connectivity index (χ0n) is 16.6. The minimum absolute atomic E-state index is 0.146. The van der Waals surface area contributed by atoms with Gasteiger partial charge in [-0.3, -0.25) is 4.79 Å². The molecule has 11 heteroatoms. The van der Waals surface area contributed by atoms with Gasteiger partial charge in [-0.05, 0) is 24.3 Å². The molecule has 1 fully saturated rings. The number of hydrogen-bond donors (Lipinski definition) is 0. The lowest BCUT2D eigenvalue weighted by Crippen LogP contribution is -2.40. The fourth-order valence-electron chi connectivity index (χ4n) is 3.48. The van der Waals surface area contributed by atoms with Crippen molar-refractivity contribution in [3.63, 3.8) is 0 Å². The van der Waals surface area contributed by atoms with Gasteiger partial charge in [0.1, 0.15) is 0 Å². The Balaban J connectivity index is 1.43. The Morgan fingerprint density at radius 1 is 1.06 bits per heavy atom. The molecule has 0 saturated carbocycles. The molecule has 0 N–H and O–H groups in total. The molecule has 0 unspecified atom stereocenters. The summed E-state index contributed by atoms with van der Waals surface area (Å²) in [4.78, 5) is 17.6. The number of morpholine rings is 1. The van der Waals surface area contributed by atoms with Crippen LogP contribution >= 0.6 is 11.3 Å². The summed E-state index contributed by atoms with van der Waals surface area (Å²) in [6, 6.07) is 9.60. The summed E-state index contributed by atoms with van der Waals surface area (Å²) in [5.41, 5.74) is 1.19. The standard InChI is InChI=1S/C20H19N3O6S2/c1-22-15-10-16-17(29-12-28-16)11-18(15)30-20(22)21-19(24)13-2-4-14(5-3-13)31(25,26)23-6-8-27-9-7-23/h2-5,10-11H,6-9,12H2,1H3. The van der Waals surface area contributed by atoms with Crippen molar-refractivity contribution < 1.29 is 27.4 Å². The van der Waals surface area contributed by atoms with E-state index >= 15 is 0 Å². The van der Waals surface area contributed by atoms with E-state index in [9.17, 15) is 13.2 Å². The topological polar surface area (TPSA) is 99.4 Å². The third kappa shape index (κ3) is 3.63. The van der Waals surface area contributed by atoms with E-state index in [0.29, 0.717) is 48.2 Å². The highest BCUT2D eigenvalue weighted by Crippen LogP contribution is 2.36. The van der Waals surface area contributed by atoms with Crippen LogP contribution in [0.15, 0.2) is 46.3 Å². The maximum absolute atomic E-state index is 12.7. The zero-order chi connectivity index (χ0) is 21.6. The van der Waals surface area contributed by atoms with E-state index in [2.05, 4.69) is 4.99 Å². The maximum Gasteiger partial charge on any atom is 0.279 e. The molecule has 1 amide bonds. The van der Waals surface area contributed by atoms with Gasteiger partial charge in [0, 0.05) is 37.8 Å². The van der Waals surface area contributed by atoms with Crippen molar-refractivity contribution in [2.45, 2.75) is 4.90 Å². The number of sulfonamides is 1. The van der Waals surface area contributed by atoms with Gasteiger partial charge in [0.25, 0.3) is 5.91 Å². The van der Waals surface area contributed by atoms with Crippen LogP contribution in [-0.4, -0.2) is 56.3 Å². The van der Waals surface area contributed by atoms with Gasteiger partial charge in [-0.25, -0.2) is 8.42 Å². The first-order valence-corrected chi connectivity index (χ1v) is 11.9. The summed E-state index contributed by atoms with van der Waals surface area (Å²) < 4.78 is 45.6. The number of thiazole rings is 1. The van der Waals surface area contributed by atoms with Gasteiger partial charge in [0.15, 0.2) is 16.3 Å². The molecule has 3 heterocycles. The number of amides is 1. The van der Waals surface area contributed by atoms with Gasteiger partial charge >= 0.3 is 0 Å². The van der Waals surface area contributed by atoms with Crippen molar-refractivity contribution >= 4 is 37.5 Å². The fourth-order valence-corrected chi connectivity index (χ4v) is 5.92. The summed E-state index contributed by atoms with van der Waals surface area (Å²) in [6.07, 6.45) is 0. The average molecular weight is 462 g/mol. The second-order valence-electron chi connectivity index (χ2n) is 7.07. The van der Waals surface area contributed by atoms with E-state index < -0.39 is 15.9 Å². The molecule has 1 aromatic heterocycles. The molecule has 5 rings (SSSR count). The van der Waals surface area contributed by atoms with Gasteiger partial charge in [-0.15, -0.1) is 0 Å². The van der Waals surface area contributed by atoms with Gasteiger partial charge in [0.05, 0.1) is 28.3 Å². The molecule has 3 aromatic rings. The number of aryl methyl sites for hydroxylation is 1. The van der Waals surface area contributed by atoms with Gasteiger partial charge < -0.3 is 18.8 Å². The largest absolute Gasteiger partial charge is 0.454 e. The van der Waals surface area contributed by atoms with Crippen LogP contribution in [0.3, 0.4) is 0 Å². The van der Waals surface area contributed by atoms with E-state index in [1.54, 1.807) is 0 Å². The van der Waals surface area contributed by atoms with Crippen molar-refractivity contribution in [3.05, 3.63) is 46.8 Å². The van der Waals surface area contributed by atoms with Crippen LogP contribution in [0.4, 0.5) is 0 Å². The monoisotopic (exact) mass is 461 g/mol. The number of hydrogen-bond acceptors (Lipinski definition) is 7. The summed E-state index contributed by atoms with van der Waals surface area (Å²) in [6.45, 7) is 1.59. The Bertz CT molecular complexity index is 1340. The quantitative estimate of drug-likeness (QED) is 0.589. The molecule has 0 atom stereocenters. The van der Waals surface area contributed by atoms with Crippen molar-refractivity contribution in [1.29, 1.82) is 0 Å². The number of benzene rings is 2. The van der Waals surface area contributed by atoms with Crippen LogP contribution in [0, 0.1) is 0 Å². The Hall–Kier alpha value is -2.73. The molecule has 31 heavy (non-hydrogen) atoms. The molecule has 1 saturated heterocycles. The number of rotatable bonds is 3. The molecule has 2 aliphatic heterocycles. The van der Waals surface area contributed by atoms with E-state index in [0.717, 1.165) is 10.2 Å². The van der Waals surface area contributed by atoms with Crippen LogP contribution in [0.25, 0.3) is 10.2 Å². The first-order valence-electron chi connectivity index (χ1n) is 9.60. The lowest BCUT2D eigenvalue weighted by atomic mass is 10.2. The summed E-state index contributed by atoms with van der Waals surface area (Å²) in [7, 11) is -1.78. The van der Waals surface area contributed by atoms with Crippen LogP contribution in [0.1, 0.15) is 10.4 Å². The normalized spacial score (nSPS) is 17.4. The molecular formula is C20H19N3O6S2. The highest BCUT2D eigenvalue weighted by molar-refractivity contribution is 7.89. The Morgan fingerprint density at radius 3 is 2.45 bits per heavy atom. The third-order valence-electron chi connectivity index (χ3n) is 5.21. The van der Waals surface area contributed by atoms with Crippen LogP contribution < -0.4 is 14.3 Å². The smallest absolute Gasteiger partial charge is 0.279 e. The Kier molecular flexibility index (Phi) is 5.05. The third-order valence-corrected chi connectivity index (χ3v) is 8.22. The lowest BCUT2D eigenvalue weighted by molar-refractivity contribution is 0.0730. The molecule has 2 aromatic carbocycles. The maximum atomic E-state index is 12.7. The Labute approximate surface area is 182 Å². The highest BCUT2D eigenvalue weighted by Gasteiger charge is 2.26. The predicted octanol–water partition coefficient (Wildman–Crippen LogP) is 1.73. The molecule has 2 aliphatic rings. The van der Waals surface area contributed by atoms with Crippen molar-refractivity contribution in [1.82, 2.24) is 8.87 Å². The number of fused-ring (bicyclic) bond motifs is 2. The van der Waals surface area contributed by atoms with E-state index in [-0.39, 0.29) is 11.7 Å². The minimum atomic E-state index is -3.61. The fraction of sp³-hybridized carbons (Fsp3) is 0.300. The number of ether oxygens (including phenoxy) is 3. The van der Waals surface area contributed by atoms with Gasteiger partial charge in [0.2, 0.25) is 16.8 Å². The summed E-state index contributed by atoms with van der Waals surface area (Å²) in [5.74, 6) is 0.887. The van der Waals surface area contributed by atoms with E-state index in [4.69, 9.17) is 14.2 Å². The second kappa shape index (κ2) is 7.75. The van der Waals surface area contributed by atoms with Crippen LogP contribution in [-0.2, 0) is 21.8 Å². The number of carbonyl (C=O) groups excluding carboxylic acids is 1. The number of nitrogens with zero attached hydrogens (tertiary/aromatic N) is 3. The molecule has 0 aliphatic carbocycles. The first-order chi connectivity index (χ1) is 14.9. The number of aromatic nitrogens is 1. The zero-order valence-corrected chi connectivity index (χ0v) is 18.2.